The fourth-order valence-electron chi connectivity index (χ4n) is 2.79. The number of benzene rings is 2. The summed E-state index contributed by atoms with van der Waals surface area (Å²) in [5.74, 6) is 1.23. The number of anilines is 2. The average Bonchev–Trinajstić information content (AvgIpc) is 2.73. The van der Waals surface area contributed by atoms with Gasteiger partial charge in [-0.1, -0.05) is 30.3 Å². The molecule has 0 aliphatic carbocycles. The number of hydrogen-bond donors (Lipinski definition) is 2. The molecule has 1 aromatic heterocycles. The van der Waals surface area contributed by atoms with E-state index in [0.29, 0.717) is 31.2 Å². The highest BCUT2D eigenvalue weighted by molar-refractivity contribution is 5.93. The zero-order valence-corrected chi connectivity index (χ0v) is 14.6. The molecule has 0 unspecified atom stereocenters. The summed E-state index contributed by atoms with van der Waals surface area (Å²) >= 11 is 0. The topological polar surface area (TPSA) is 72.5 Å². The standard InChI is InChI=1S/C21H19N3O3/c25-21(23-14-15-4-2-1-3-5-15)18-12-17(8-9-22-18)24-16-6-7-19-20(13-16)27-11-10-26-19/h1-9,12-13H,10-11,14H2,(H,22,24)(H,23,25). The molecule has 0 atom stereocenters. The third-order valence-electron chi connectivity index (χ3n) is 4.12. The quantitative estimate of drug-likeness (QED) is 0.727. The van der Waals surface area contributed by atoms with Crippen LogP contribution >= 0.6 is 0 Å². The molecular weight excluding hydrogens is 342 g/mol. The summed E-state index contributed by atoms with van der Waals surface area (Å²) in [5.41, 5.74) is 3.01. The van der Waals surface area contributed by atoms with Gasteiger partial charge in [0.1, 0.15) is 18.9 Å². The van der Waals surface area contributed by atoms with Crippen LogP contribution in [-0.2, 0) is 6.54 Å². The molecule has 1 aliphatic heterocycles. The Bertz CT molecular complexity index is 944. The van der Waals surface area contributed by atoms with Crippen molar-refractivity contribution >= 4 is 17.3 Å². The minimum absolute atomic E-state index is 0.218. The Morgan fingerprint density at radius 1 is 0.926 bits per heavy atom. The summed E-state index contributed by atoms with van der Waals surface area (Å²) in [7, 11) is 0. The lowest BCUT2D eigenvalue weighted by atomic mass is 10.2. The summed E-state index contributed by atoms with van der Waals surface area (Å²) in [6, 6.07) is 18.9. The molecule has 0 fully saturated rings. The van der Waals surface area contributed by atoms with Crippen molar-refractivity contribution in [2.75, 3.05) is 18.5 Å². The van der Waals surface area contributed by atoms with Crippen LogP contribution in [0.1, 0.15) is 16.1 Å². The van der Waals surface area contributed by atoms with Crippen molar-refractivity contribution in [1.29, 1.82) is 0 Å². The minimum Gasteiger partial charge on any atom is -0.486 e. The van der Waals surface area contributed by atoms with E-state index in [1.54, 1.807) is 12.3 Å². The van der Waals surface area contributed by atoms with Crippen LogP contribution < -0.4 is 20.1 Å². The first kappa shape index (κ1) is 16.9. The molecule has 1 amide bonds. The van der Waals surface area contributed by atoms with Gasteiger partial charge in [-0.15, -0.1) is 0 Å². The van der Waals surface area contributed by atoms with Gasteiger partial charge < -0.3 is 20.1 Å². The van der Waals surface area contributed by atoms with Gasteiger partial charge in [0.2, 0.25) is 0 Å². The Morgan fingerprint density at radius 2 is 1.70 bits per heavy atom. The molecule has 4 rings (SSSR count). The zero-order valence-electron chi connectivity index (χ0n) is 14.6. The highest BCUT2D eigenvalue weighted by Crippen LogP contribution is 2.33. The first-order valence-electron chi connectivity index (χ1n) is 8.73. The fraction of sp³-hybridized carbons (Fsp3) is 0.143. The normalized spacial score (nSPS) is 12.3. The van der Waals surface area contributed by atoms with E-state index in [-0.39, 0.29) is 5.91 Å². The van der Waals surface area contributed by atoms with Crippen molar-refractivity contribution < 1.29 is 14.3 Å². The van der Waals surface area contributed by atoms with Gasteiger partial charge in [-0.3, -0.25) is 9.78 Å². The van der Waals surface area contributed by atoms with Gasteiger partial charge in [-0.2, -0.15) is 0 Å². The molecule has 6 heteroatoms. The molecular formula is C21H19N3O3. The SMILES string of the molecule is O=C(NCc1ccccc1)c1cc(Nc2ccc3c(c2)OCCO3)ccn1. The van der Waals surface area contributed by atoms with E-state index in [4.69, 9.17) is 9.47 Å². The maximum absolute atomic E-state index is 12.4. The molecule has 0 saturated carbocycles. The van der Waals surface area contributed by atoms with Crippen molar-refractivity contribution in [3.05, 3.63) is 78.1 Å². The molecule has 2 heterocycles. The first-order valence-corrected chi connectivity index (χ1v) is 8.73. The number of carbonyl (C=O) groups excluding carboxylic acids is 1. The van der Waals surface area contributed by atoms with Gasteiger partial charge >= 0.3 is 0 Å². The van der Waals surface area contributed by atoms with Gasteiger partial charge in [-0.25, -0.2) is 0 Å². The predicted molar refractivity (Wildman–Crippen MR) is 103 cm³/mol. The van der Waals surface area contributed by atoms with Crippen LogP contribution in [0.25, 0.3) is 0 Å². The van der Waals surface area contributed by atoms with E-state index in [9.17, 15) is 4.79 Å². The Labute approximate surface area is 157 Å². The van der Waals surface area contributed by atoms with Crippen LogP contribution in [0.2, 0.25) is 0 Å². The lowest BCUT2D eigenvalue weighted by Gasteiger charge is -2.19. The van der Waals surface area contributed by atoms with Gasteiger partial charge in [0.25, 0.3) is 5.91 Å². The van der Waals surface area contributed by atoms with Gasteiger partial charge in [0.15, 0.2) is 11.5 Å². The second-order valence-electron chi connectivity index (χ2n) is 6.08. The number of carbonyl (C=O) groups is 1. The number of nitrogens with one attached hydrogen (secondary N) is 2. The Morgan fingerprint density at radius 3 is 2.56 bits per heavy atom. The largest absolute Gasteiger partial charge is 0.486 e. The molecule has 0 radical (unpaired) electrons. The number of hydrogen-bond acceptors (Lipinski definition) is 5. The van der Waals surface area contributed by atoms with Crippen LogP contribution in [0.3, 0.4) is 0 Å². The summed E-state index contributed by atoms with van der Waals surface area (Å²) in [5, 5.41) is 6.15. The molecule has 1 aliphatic rings. The lowest BCUT2D eigenvalue weighted by molar-refractivity contribution is 0.0946. The fourth-order valence-corrected chi connectivity index (χ4v) is 2.79. The van der Waals surface area contributed by atoms with Gasteiger partial charge in [0, 0.05) is 30.2 Å². The Hall–Kier alpha value is -3.54. The minimum atomic E-state index is -0.218. The van der Waals surface area contributed by atoms with Crippen LogP contribution in [0, 0.1) is 0 Å². The van der Waals surface area contributed by atoms with E-state index < -0.39 is 0 Å². The number of fused-ring (bicyclic) bond motifs is 1. The van der Waals surface area contributed by atoms with Gasteiger partial charge in [-0.05, 0) is 29.8 Å². The first-order chi connectivity index (χ1) is 13.3. The monoisotopic (exact) mass is 361 g/mol. The predicted octanol–water partition coefficient (Wildman–Crippen LogP) is 3.53. The number of nitrogens with zero attached hydrogens (tertiary/aromatic N) is 1. The van der Waals surface area contributed by atoms with Crippen LogP contribution in [0.15, 0.2) is 66.9 Å². The summed E-state index contributed by atoms with van der Waals surface area (Å²) in [4.78, 5) is 16.5. The third kappa shape index (κ3) is 4.17. The highest BCUT2D eigenvalue weighted by atomic mass is 16.6. The highest BCUT2D eigenvalue weighted by Gasteiger charge is 2.12. The number of amides is 1. The third-order valence-corrected chi connectivity index (χ3v) is 4.12. The van der Waals surface area contributed by atoms with Crippen molar-refractivity contribution in [3.8, 4) is 11.5 Å². The van der Waals surface area contributed by atoms with Crippen LogP contribution in [0.5, 0.6) is 11.5 Å². The van der Waals surface area contributed by atoms with Crippen molar-refractivity contribution in [2.45, 2.75) is 6.54 Å². The molecule has 0 saturated heterocycles. The van der Waals surface area contributed by atoms with E-state index in [2.05, 4.69) is 15.6 Å². The molecule has 27 heavy (non-hydrogen) atoms. The lowest BCUT2D eigenvalue weighted by Crippen LogP contribution is -2.23. The van der Waals surface area contributed by atoms with E-state index in [0.717, 1.165) is 22.7 Å². The maximum Gasteiger partial charge on any atom is 0.270 e. The van der Waals surface area contributed by atoms with Crippen LogP contribution in [-0.4, -0.2) is 24.1 Å². The smallest absolute Gasteiger partial charge is 0.270 e. The van der Waals surface area contributed by atoms with E-state index in [1.807, 2.05) is 54.6 Å². The molecule has 2 aromatic carbocycles. The number of rotatable bonds is 5. The van der Waals surface area contributed by atoms with Gasteiger partial charge in [0.05, 0.1) is 0 Å². The molecule has 136 valence electrons. The number of pyridine rings is 1. The molecule has 0 spiro atoms. The average molecular weight is 361 g/mol. The summed E-state index contributed by atoms with van der Waals surface area (Å²) in [6.07, 6.45) is 1.61. The molecule has 2 N–H and O–H groups in total. The number of ether oxygens (including phenoxy) is 2. The van der Waals surface area contributed by atoms with E-state index in [1.165, 1.54) is 0 Å². The molecule has 3 aromatic rings. The maximum atomic E-state index is 12.4. The molecule has 6 nitrogen and oxygen atoms in total. The zero-order chi connectivity index (χ0) is 18.5. The molecule has 0 bridgehead atoms. The van der Waals surface area contributed by atoms with Crippen molar-refractivity contribution in [2.24, 2.45) is 0 Å². The number of aromatic nitrogens is 1. The summed E-state index contributed by atoms with van der Waals surface area (Å²) in [6.45, 7) is 1.56. The Balaban J connectivity index is 1.43. The Kier molecular flexibility index (Phi) is 4.87. The second-order valence-corrected chi connectivity index (χ2v) is 6.08. The van der Waals surface area contributed by atoms with Crippen molar-refractivity contribution in [1.82, 2.24) is 10.3 Å². The van der Waals surface area contributed by atoms with E-state index >= 15 is 0 Å². The van der Waals surface area contributed by atoms with Crippen molar-refractivity contribution in [3.63, 3.8) is 0 Å². The second kappa shape index (κ2) is 7.78. The van der Waals surface area contributed by atoms with Crippen LogP contribution in [0.4, 0.5) is 11.4 Å². The summed E-state index contributed by atoms with van der Waals surface area (Å²) < 4.78 is 11.1.